The van der Waals surface area contributed by atoms with Gasteiger partial charge in [0.25, 0.3) is 0 Å². The molecule has 9 nitrogen and oxygen atoms in total. The number of methoxy groups -OCH3 is 1. The van der Waals surface area contributed by atoms with Crippen LogP contribution in [0, 0.1) is 6.92 Å². The predicted molar refractivity (Wildman–Crippen MR) is 145 cm³/mol. The van der Waals surface area contributed by atoms with E-state index in [1.54, 1.807) is 18.2 Å². The smallest absolute Gasteiger partial charge is 0.410 e. The molecule has 2 aliphatic rings. The van der Waals surface area contributed by atoms with E-state index in [-0.39, 0.29) is 18.6 Å². The van der Waals surface area contributed by atoms with Crippen LogP contribution < -0.4 is 10.6 Å². The molecule has 2 atom stereocenters. The van der Waals surface area contributed by atoms with E-state index in [9.17, 15) is 19.5 Å². The zero-order chi connectivity index (χ0) is 27.2. The molecule has 2 aromatic carbocycles. The van der Waals surface area contributed by atoms with Gasteiger partial charge in [-0.3, -0.25) is 14.5 Å². The molecule has 1 fully saturated rings. The number of piperidine rings is 1. The van der Waals surface area contributed by atoms with Crippen molar-refractivity contribution < 1.29 is 24.2 Å². The largest absolute Gasteiger partial charge is 0.453 e. The molecular weight excluding hydrogens is 508 g/mol. The maximum Gasteiger partial charge on any atom is 0.410 e. The number of ether oxygens (including phenoxy) is 1. The summed E-state index contributed by atoms with van der Waals surface area (Å²) in [5.41, 5.74) is 3.35. The lowest BCUT2D eigenvalue weighted by Crippen LogP contribution is -2.56. The molecule has 2 heterocycles. The van der Waals surface area contributed by atoms with Crippen molar-refractivity contribution in [2.75, 3.05) is 32.1 Å². The highest BCUT2D eigenvalue weighted by Crippen LogP contribution is 2.25. The van der Waals surface area contributed by atoms with Gasteiger partial charge in [-0.25, -0.2) is 4.79 Å². The highest BCUT2D eigenvalue weighted by atomic mass is 35.5. The second-order valence-corrected chi connectivity index (χ2v) is 10.4. The molecule has 0 bridgehead atoms. The van der Waals surface area contributed by atoms with Crippen LogP contribution in [0.1, 0.15) is 36.0 Å². The van der Waals surface area contributed by atoms with E-state index in [2.05, 4.69) is 15.5 Å². The van der Waals surface area contributed by atoms with Gasteiger partial charge in [0.2, 0.25) is 11.8 Å². The Balaban J connectivity index is 1.51. The van der Waals surface area contributed by atoms with E-state index < -0.39 is 24.1 Å². The van der Waals surface area contributed by atoms with Crippen molar-refractivity contribution in [1.29, 1.82) is 0 Å². The molecule has 0 aliphatic carbocycles. The van der Waals surface area contributed by atoms with Gasteiger partial charge in [0, 0.05) is 36.8 Å². The van der Waals surface area contributed by atoms with E-state index in [1.807, 2.05) is 31.2 Å². The lowest BCUT2D eigenvalue weighted by molar-refractivity contribution is -0.130. The Hall–Kier alpha value is -3.14. The summed E-state index contributed by atoms with van der Waals surface area (Å²) in [6.45, 7) is 4.14. The molecule has 0 radical (unpaired) electrons. The number of likely N-dealkylation sites (tertiary alicyclic amines) is 1. The number of fused-ring (bicyclic) bond motifs is 1. The van der Waals surface area contributed by atoms with Crippen molar-refractivity contribution >= 4 is 35.2 Å². The van der Waals surface area contributed by atoms with E-state index in [1.165, 1.54) is 12.0 Å². The molecule has 0 unspecified atom stereocenters. The number of hydrogen-bond acceptors (Lipinski definition) is 6. The van der Waals surface area contributed by atoms with Gasteiger partial charge in [0.1, 0.15) is 12.1 Å². The lowest BCUT2D eigenvalue weighted by atomic mass is 9.93. The molecule has 10 heteroatoms. The van der Waals surface area contributed by atoms with E-state index in [0.717, 1.165) is 29.8 Å². The summed E-state index contributed by atoms with van der Waals surface area (Å²) in [7, 11) is 1.29. The standard InChI is InChI=1S/C28H35ClN4O5/c1-18-15-21(7-8-23(18)29)30-26(35)24(11-14-32-12-9-22(34)10-13-32)31-27(36)25-16-19-5-3-4-6-20(19)17-33(25)28(37)38-2/h3-8,15,22,24-25,34H,9-14,16-17H2,1-2H3,(H,30,35)(H,31,36)/t24-,25-/m0/s1. The van der Waals surface area contributed by atoms with E-state index >= 15 is 0 Å². The number of rotatable bonds is 7. The third kappa shape index (κ3) is 6.83. The van der Waals surface area contributed by atoms with Gasteiger partial charge in [0.05, 0.1) is 19.8 Å². The minimum atomic E-state index is -0.831. The monoisotopic (exact) mass is 542 g/mol. The topological polar surface area (TPSA) is 111 Å². The number of amides is 3. The average Bonchev–Trinajstić information content (AvgIpc) is 2.92. The number of carbonyl (C=O) groups is 3. The first-order valence-electron chi connectivity index (χ1n) is 12.9. The van der Waals surface area contributed by atoms with Gasteiger partial charge in [-0.1, -0.05) is 35.9 Å². The number of hydrogen-bond donors (Lipinski definition) is 3. The zero-order valence-corrected chi connectivity index (χ0v) is 22.5. The molecule has 0 saturated carbocycles. The first kappa shape index (κ1) is 27.9. The van der Waals surface area contributed by atoms with E-state index in [0.29, 0.717) is 42.9 Å². The molecule has 0 spiro atoms. The minimum absolute atomic E-state index is 0.248. The van der Waals surface area contributed by atoms with Gasteiger partial charge in [0.15, 0.2) is 0 Å². The molecule has 1 saturated heterocycles. The number of nitrogens with one attached hydrogen (secondary N) is 2. The van der Waals surface area contributed by atoms with Crippen LogP contribution in [0.5, 0.6) is 0 Å². The second kappa shape index (κ2) is 12.6. The number of anilines is 1. The van der Waals surface area contributed by atoms with Crippen LogP contribution in [-0.2, 0) is 27.3 Å². The van der Waals surface area contributed by atoms with Crippen molar-refractivity contribution in [2.24, 2.45) is 0 Å². The molecule has 38 heavy (non-hydrogen) atoms. The second-order valence-electron chi connectivity index (χ2n) is 9.96. The highest BCUT2D eigenvalue weighted by molar-refractivity contribution is 6.31. The molecule has 3 amide bonds. The van der Waals surface area contributed by atoms with Crippen molar-refractivity contribution in [3.63, 3.8) is 0 Å². The molecule has 4 rings (SSSR count). The Morgan fingerprint density at radius 2 is 1.84 bits per heavy atom. The fourth-order valence-electron chi connectivity index (χ4n) is 5.01. The number of benzene rings is 2. The fourth-order valence-corrected chi connectivity index (χ4v) is 5.13. The summed E-state index contributed by atoms with van der Waals surface area (Å²) in [5.74, 6) is -0.760. The van der Waals surface area contributed by atoms with E-state index in [4.69, 9.17) is 16.3 Å². The Kier molecular flexibility index (Phi) is 9.25. The number of aliphatic hydroxyl groups is 1. The third-order valence-electron chi connectivity index (χ3n) is 7.31. The summed E-state index contributed by atoms with van der Waals surface area (Å²) in [4.78, 5) is 43.2. The Labute approximate surface area is 228 Å². The highest BCUT2D eigenvalue weighted by Gasteiger charge is 2.37. The van der Waals surface area contributed by atoms with Crippen LogP contribution in [0.4, 0.5) is 10.5 Å². The van der Waals surface area contributed by atoms with Gasteiger partial charge in [-0.15, -0.1) is 0 Å². The van der Waals surface area contributed by atoms with Gasteiger partial charge in [-0.2, -0.15) is 0 Å². The maximum absolute atomic E-state index is 13.6. The summed E-state index contributed by atoms with van der Waals surface area (Å²) >= 11 is 6.13. The number of halogens is 1. The third-order valence-corrected chi connectivity index (χ3v) is 7.73. The Bertz CT molecular complexity index is 1170. The van der Waals surface area contributed by atoms with Crippen molar-refractivity contribution in [2.45, 2.75) is 57.3 Å². The SMILES string of the molecule is COC(=O)N1Cc2ccccc2C[C@H]1C(=O)N[C@@H](CCN1CCC(O)CC1)C(=O)Nc1ccc(Cl)c(C)c1. The minimum Gasteiger partial charge on any atom is -0.453 e. The average molecular weight is 543 g/mol. The van der Waals surface area contributed by atoms with Crippen LogP contribution in [-0.4, -0.2) is 77.7 Å². The van der Waals surface area contributed by atoms with Crippen molar-refractivity contribution in [3.8, 4) is 0 Å². The number of aliphatic hydroxyl groups excluding tert-OH is 1. The van der Waals surface area contributed by atoms with Gasteiger partial charge in [-0.05, 0) is 61.1 Å². The van der Waals surface area contributed by atoms with Crippen molar-refractivity contribution in [3.05, 3.63) is 64.2 Å². The summed E-state index contributed by atoms with van der Waals surface area (Å²) in [5, 5.41) is 16.2. The van der Waals surface area contributed by atoms with Gasteiger partial charge >= 0.3 is 6.09 Å². The fraction of sp³-hybridized carbons (Fsp3) is 0.464. The van der Waals surface area contributed by atoms with Crippen molar-refractivity contribution in [1.82, 2.24) is 15.1 Å². The Morgan fingerprint density at radius 3 is 2.53 bits per heavy atom. The van der Waals surface area contributed by atoms with Crippen LogP contribution >= 0.6 is 11.6 Å². The molecular formula is C28H35ClN4O5. The van der Waals surface area contributed by atoms with Crippen LogP contribution in [0.3, 0.4) is 0 Å². The first-order chi connectivity index (χ1) is 18.2. The number of carbonyl (C=O) groups excluding carboxylic acids is 3. The quantitative estimate of drug-likeness (QED) is 0.496. The maximum atomic E-state index is 13.6. The molecule has 2 aromatic rings. The van der Waals surface area contributed by atoms with Crippen LogP contribution in [0.25, 0.3) is 0 Å². The van der Waals surface area contributed by atoms with Gasteiger partial charge < -0.3 is 25.4 Å². The normalized spacial score (nSPS) is 18.8. The summed E-state index contributed by atoms with van der Waals surface area (Å²) in [6, 6.07) is 11.2. The molecule has 2 aliphatic heterocycles. The zero-order valence-electron chi connectivity index (χ0n) is 21.8. The van der Waals surface area contributed by atoms with Crippen LogP contribution in [0.2, 0.25) is 5.02 Å². The lowest BCUT2D eigenvalue weighted by Gasteiger charge is -2.36. The first-order valence-corrected chi connectivity index (χ1v) is 13.3. The molecule has 3 N–H and O–H groups in total. The van der Waals surface area contributed by atoms with Crippen LogP contribution in [0.15, 0.2) is 42.5 Å². The summed E-state index contributed by atoms with van der Waals surface area (Å²) < 4.78 is 4.96. The molecule has 204 valence electrons. The number of aryl methyl sites for hydroxylation is 1. The molecule has 0 aromatic heterocycles. The predicted octanol–water partition coefficient (Wildman–Crippen LogP) is 3.11. The summed E-state index contributed by atoms with van der Waals surface area (Å²) in [6.07, 6.45) is 1.18. The Morgan fingerprint density at radius 1 is 1.13 bits per heavy atom. The number of nitrogens with zero attached hydrogens (tertiary/aromatic N) is 2.